The van der Waals surface area contributed by atoms with Crippen LogP contribution in [0.15, 0.2) is 6.07 Å². The van der Waals surface area contributed by atoms with E-state index in [1.807, 2.05) is 27.7 Å². The minimum absolute atomic E-state index is 0.0130. The largest absolute Gasteiger partial charge is 0.451 e. The molecule has 0 atom stereocenters. The Morgan fingerprint density at radius 2 is 1.85 bits per heavy atom. The molecule has 0 amide bonds. The predicted octanol–water partition coefficient (Wildman–Crippen LogP) is 2.65. The van der Waals surface area contributed by atoms with Crippen molar-refractivity contribution in [3.8, 4) is 0 Å². The molecule has 114 valence electrons. The maximum absolute atomic E-state index is 12.8. The number of nitrogens with two attached hydrogens (primary N) is 1. The summed E-state index contributed by atoms with van der Waals surface area (Å²) in [5, 5.41) is 0. The third-order valence-corrected chi connectivity index (χ3v) is 2.59. The summed E-state index contributed by atoms with van der Waals surface area (Å²) in [5.74, 6) is 4.43. The zero-order valence-corrected chi connectivity index (χ0v) is 12.0. The van der Waals surface area contributed by atoms with E-state index >= 15 is 0 Å². The monoisotopic (exact) mass is 291 g/mol. The van der Waals surface area contributed by atoms with E-state index in [1.54, 1.807) is 4.90 Å². The number of nitrogens with zero attached hydrogens (tertiary/aromatic N) is 3. The van der Waals surface area contributed by atoms with Crippen LogP contribution in [0.4, 0.5) is 24.8 Å². The molecule has 8 heteroatoms. The van der Waals surface area contributed by atoms with E-state index in [0.29, 0.717) is 6.54 Å². The van der Waals surface area contributed by atoms with Gasteiger partial charge in [0.1, 0.15) is 11.6 Å². The summed E-state index contributed by atoms with van der Waals surface area (Å²) >= 11 is 0. The maximum atomic E-state index is 12.8. The van der Waals surface area contributed by atoms with Gasteiger partial charge in [-0.3, -0.25) is 0 Å². The van der Waals surface area contributed by atoms with E-state index in [1.165, 1.54) is 6.07 Å². The molecule has 0 spiro atoms. The van der Waals surface area contributed by atoms with Gasteiger partial charge in [0.2, 0.25) is 5.82 Å². The highest BCUT2D eigenvalue weighted by Gasteiger charge is 2.36. The van der Waals surface area contributed by atoms with Crippen LogP contribution in [0.3, 0.4) is 0 Å². The minimum atomic E-state index is -4.61. The number of aromatic nitrogens is 2. The lowest BCUT2D eigenvalue weighted by Crippen LogP contribution is -2.35. The zero-order chi connectivity index (χ0) is 15.5. The highest BCUT2D eigenvalue weighted by Crippen LogP contribution is 2.29. The van der Waals surface area contributed by atoms with E-state index in [4.69, 9.17) is 5.84 Å². The van der Waals surface area contributed by atoms with Crippen molar-refractivity contribution in [1.29, 1.82) is 0 Å². The molecule has 0 aliphatic heterocycles. The SMILES string of the molecule is CC(C)CN(c1cc(NN)nc(C(F)(F)F)n1)C(C)C. The Labute approximate surface area is 116 Å². The van der Waals surface area contributed by atoms with E-state index in [9.17, 15) is 13.2 Å². The fraction of sp³-hybridized carbons (Fsp3) is 0.667. The highest BCUT2D eigenvalue weighted by atomic mass is 19.4. The van der Waals surface area contributed by atoms with Gasteiger partial charge in [0.15, 0.2) is 0 Å². The summed E-state index contributed by atoms with van der Waals surface area (Å²) in [6.07, 6.45) is -4.61. The standard InChI is InChI=1S/C12H20F3N5/c1-7(2)6-20(8(3)4)10-5-9(19-16)17-11(18-10)12(13,14)15/h5,7-8H,6,16H2,1-4H3,(H,17,18,19). The van der Waals surface area contributed by atoms with Gasteiger partial charge in [-0.25, -0.2) is 15.8 Å². The summed E-state index contributed by atoms with van der Waals surface area (Å²) in [6, 6.07) is 1.43. The Bertz CT molecular complexity index is 445. The first-order chi connectivity index (χ1) is 9.15. The molecule has 1 heterocycles. The van der Waals surface area contributed by atoms with Crippen molar-refractivity contribution in [2.24, 2.45) is 11.8 Å². The molecule has 0 bridgehead atoms. The number of nitrogens with one attached hydrogen (secondary N) is 1. The molecule has 0 saturated heterocycles. The molecular formula is C12H20F3N5. The summed E-state index contributed by atoms with van der Waals surface area (Å²) in [4.78, 5) is 8.76. The van der Waals surface area contributed by atoms with Crippen molar-refractivity contribution in [2.45, 2.75) is 39.9 Å². The smallest absolute Gasteiger partial charge is 0.354 e. The molecular weight excluding hydrogens is 271 g/mol. The molecule has 1 rings (SSSR count). The first-order valence-electron chi connectivity index (χ1n) is 6.34. The molecule has 1 aromatic rings. The summed E-state index contributed by atoms with van der Waals surface area (Å²) in [7, 11) is 0. The number of rotatable bonds is 5. The molecule has 5 nitrogen and oxygen atoms in total. The van der Waals surface area contributed by atoms with Crippen molar-refractivity contribution in [2.75, 3.05) is 16.9 Å². The molecule has 0 aliphatic rings. The maximum Gasteiger partial charge on any atom is 0.451 e. The fourth-order valence-electron chi connectivity index (χ4n) is 1.74. The van der Waals surface area contributed by atoms with Crippen molar-refractivity contribution in [3.63, 3.8) is 0 Å². The normalized spacial score (nSPS) is 12.1. The molecule has 0 aromatic carbocycles. The molecule has 0 aliphatic carbocycles. The number of anilines is 2. The Kier molecular flexibility index (Phi) is 5.15. The lowest BCUT2D eigenvalue weighted by molar-refractivity contribution is -0.144. The quantitative estimate of drug-likeness (QED) is 0.645. The molecule has 0 radical (unpaired) electrons. The summed E-state index contributed by atoms with van der Waals surface area (Å²) in [5.41, 5.74) is 2.15. The van der Waals surface area contributed by atoms with E-state index in [0.717, 1.165) is 0 Å². The van der Waals surface area contributed by atoms with Crippen molar-refractivity contribution >= 4 is 11.6 Å². The molecule has 0 saturated carbocycles. The number of hydrogen-bond donors (Lipinski definition) is 2. The topological polar surface area (TPSA) is 67.1 Å². The predicted molar refractivity (Wildman–Crippen MR) is 72.2 cm³/mol. The minimum Gasteiger partial charge on any atom is -0.354 e. The van der Waals surface area contributed by atoms with E-state index < -0.39 is 12.0 Å². The molecule has 0 unspecified atom stereocenters. The van der Waals surface area contributed by atoms with Gasteiger partial charge in [0.05, 0.1) is 0 Å². The average Bonchev–Trinajstić information content (AvgIpc) is 2.33. The van der Waals surface area contributed by atoms with Crippen LogP contribution in [-0.4, -0.2) is 22.6 Å². The highest BCUT2D eigenvalue weighted by molar-refractivity contribution is 5.49. The summed E-state index contributed by atoms with van der Waals surface area (Å²) < 4.78 is 38.4. The number of halogens is 3. The van der Waals surface area contributed by atoms with Crippen molar-refractivity contribution in [3.05, 3.63) is 11.9 Å². The number of hydrazine groups is 1. The van der Waals surface area contributed by atoms with Crippen molar-refractivity contribution in [1.82, 2.24) is 9.97 Å². The molecule has 1 aromatic heterocycles. The molecule has 20 heavy (non-hydrogen) atoms. The van der Waals surface area contributed by atoms with Gasteiger partial charge in [-0.05, 0) is 19.8 Å². The van der Waals surface area contributed by atoms with Crippen LogP contribution < -0.4 is 16.2 Å². The van der Waals surface area contributed by atoms with Crippen LogP contribution in [0.5, 0.6) is 0 Å². The number of nitrogen functional groups attached to an aromatic ring is 1. The summed E-state index contributed by atoms with van der Waals surface area (Å²) in [6.45, 7) is 8.36. The van der Waals surface area contributed by atoms with Crippen LogP contribution >= 0.6 is 0 Å². The van der Waals surface area contributed by atoms with Gasteiger partial charge < -0.3 is 10.3 Å². The van der Waals surface area contributed by atoms with Gasteiger partial charge >= 0.3 is 6.18 Å². The lowest BCUT2D eigenvalue weighted by atomic mass is 10.2. The van der Waals surface area contributed by atoms with Gasteiger partial charge in [-0.2, -0.15) is 13.2 Å². The van der Waals surface area contributed by atoms with Crippen molar-refractivity contribution < 1.29 is 13.2 Å². The lowest BCUT2D eigenvalue weighted by Gasteiger charge is -2.30. The number of hydrogen-bond acceptors (Lipinski definition) is 5. The third kappa shape index (κ3) is 4.22. The second-order valence-electron chi connectivity index (χ2n) is 5.22. The fourth-order valence-corrected chi connectivity index (χ4v) is 1.74. The third-order valence-electron chi connectivity index (χ3n) is 2.59. The number of alkyl halides is 3. The van der Waals surface area contributed by atoms with Crippen LogP contribution in [0.1, 0.15) is 33.5 Å². The second kappa shape index (κ2) is 6.25. The first kappa shape index (κ1) is 16.5. The Hall–Kier alpha value is -1.57. The van der Waals surface area contributed by atoms with Crippen LogP contribution in [-0.2, 0) is 6.18 Å². The Morgan fingerprint density at radius 1 is 1.25 bits per heavy atom. The van der Waals surface area contributed by atoms with Gasteiger partial charge in [0, 0.05) is 18.7 Å². The Balaban J connectivity index is 3.27. The average molecular weight is 291 g/mol. The van der Waals surface area contributed by atoms with Gasteiger partial charge in [0.25, 0.3) is 0 Å². The molecule has 0 fully saturated rings. The molecule has 3 N–H and O–H groups in total. The second-order valence-corrected chi connectivity index (χ2v) is 5.22. The van der Waals surface area contributed by atoms with E-state index in [-0.39, 0.29) is 23.6 Å². The van der Waals surface area contributed by atoms with E-state index in [2.05, 4.69) is 15.4 Å². The first-order valence-corrected chi connectivity index (χ1v) is 6.34. The van der Waals surface area contributed by atoms with Crippen LogP contribution in [0, 0.1) is 5.92 Å². The van der Waals surface area contributed by atoms with Crippen LogP contribution in [0.2, 0.25) is 0 Å². The Morgan fingerprint density at radius 3 is 2.25 bits per heavy atom. The van der Waals surface area contributed by atoms with Gasteiger partial charge in [-0.15, -0.1) is 0 Å². The van der Waals surface area contributed by atoms with Gasteiger partial charge in [-0.1, -0.05) is 13.8 Å². The zero-order valence-electron chi connectivity index (χ0n) is 12.0. The van der Waals surface area contributed by atoms with Crippen LogP contribution in [0.25, 0.3) is 0 Å².